The second-order valence-electron chi connectivity index (χ2n) is 4.87. The van der Waals surface area contributed by atoms with Crippen molar-refractivity contribution in [2.45, 2.75) is 0 Å². The topological polar surface area (TPSA) is 48.7 Å². The molecule has 2 aromatic carbocycles. The van der Waals surface area contributed by atoms with Gasteiger partial charge in [-0.3, -0.25) is 0 Å². The van der Waals surface area contributed by atoms with E-state index in [0.29, 0.717) is 22.0 Å². The van der Waals surface area contributed by atoms with Crippen LogP contribution in [0.15, 0.2) is 60.1 Å². The summed E-state index contributed by atoms with van der Waals surface area (Å²) in [7, 11) is 0. The maximum absolute atomic E-state index is 13.0. The Hall–Kier alpha value is -3.04. The number of nitrogens with zero attached hydrogens (tertiary/aromatic N) is 2. The monoisotopic (exact) mass is 339 g/mol. The third kappa shape index (κ3) is 3.65. The third-order valence-electron chi connectivity index (χ3n) is 3.22. The summed E-state index contributed by atoms with van der Waals surface area (Å²) >= 11 is 1.32. The van der Waals surface area contributed by atoms with E-state index in [1.54, 1.807) is 24.3 Å². The molecule has 0 unspecified atom stereocenters. The molecule has 1 heterocycles. The number of rotatable bonds is 4. The van der Waals surface area contributed by atoms with Crippen molar-refractivity contribution in [1.29, 1.82) is 5.26 Å². The van der Waals surface area contributed by atoms with E-state index in [2.05, 4.69) is 16.4 Å². The maximum Gasteiger partial charge on any atom is 0.136 e. The molecule has 3 rings (SSSR count). The molecule has 3 aromatic rings. The van der Waals surface area contributed by atoms with Gasteiger partial charge in [0, 0.05) is 22.8 Å². The molecule has 3 nitrogen and oxygen atoms in total. The second kappa shape index (κ2) is 7.02. The lowest BCUT2D eigenvalue weighted by Crippen LogP contribution is -1.91. The summed E-state index contributed by atoms with van der Waals surface area (Å²) in [5.74, 6) is -0.635. The molecule has 0 spiro atoms. The van der Waals surface area contributed by atoms with Crippen LogP contribution in [0.5, 0.6) is 0 Å². The van der Waals surface area contributed by atoms with Crippen LogP contribution in [0.2, 0.25) is 0 Å². The van der Waals surface area contributed by atoms with Gasteiger partial charge in [0.15, 0.2) is 0 Å². The smallest absolute Gasteiger partial charge is 0.136 e. The number of hydrogen-bond acceptors (Lipinski definition) is 4. The van der Waals surface area contributed by atoms with Crippen LogP contribution < -0.4 is 5.32 Å². The number of allylic oxidation sites excluding steroid dienone is 1. The van der Waals surface area contributed by atoms with Crippen LogP contribution in [0.4, 0.5) is 14.5 Å². The number of benzene rings is 2. The molecule has 0 fully saturated rings. The van der Waals surface area contributed by atoms with E-state index in [1.807, 2.05) is 5.38 Å². The summed E-state index contributed by atoms with van der Waals surface area (Å²) in [4.78, 5) is 4.41. The van der Waals surface area contributed by atoms with Crippen LogP contribution in [0.3, 0.4) is 0 Å². The van der Waals surface area contributed by atoms with Gasteiger partial charge in [0.2, 0.25) is 0 Å². The Kier molecular flexibility index (Phi) is 4.64. The second-order valence-corrected chi connectivity index (χ2v) is 5.72. The van der Waals surface area contributed by atoms with Gasteiger partial charge in [0.1, 0.15) is 28.3 Å². The van der Waals surface area contributed by atoms with E-state index in [-0.39, 0.29) is 11.6 Å². The molecule has 0 bridgehead atoms. The average molecular weight is 339 g/mol. The molecule has 1 N–H and O–H groups in total. The van der Waals surface area contributed by atoms with Gasteiger partial charge in [-0.25, -0.2) is 13.8 Å². The first-order valence-electron chi connectivity index (χ1n) is 7.00. The van der Waals surface area contributed by atoms with Gasteiger partial charge in [0.05, 0.1) is 5.69 Å². The lowest BCUT2D eigenvalue weighted by atomic mass is 10.2. The molecule has 0 radical (unpaired) electrons. The van der Waals surface area contributed by atoms with Gasteiger partial charge >= 0.3 is 0 Å². The minimum absolute atomic E-state index is 0.310. The predicted octanol–water partition coefficient (Wildman–Crippen LogP) is 5.06. The van der Waals surface area contributed by atoms with Gasteiger partial charge in [-0.1, -0.05) is 0 Å². The number of hydrogen-bond donors (Lipinski definition) is 1. The largest absolute Gasteiger partial charge is 0.360 e. The van der Waals surface area contributed by atoms with E-state index in [4.69, 9.17) is 0 Å². The molecule has 24 heavy (non-hydrogen) atoms. The molecule has 0 aliphatic carbocycles. The van der Waals surface area contributed by atoms with Crippen LogP contribution in [-0.2, 0) is 0 Å². The normalized spacial score (nSPS) is 11.1. The van der Waals surface area contributed by atoms with Gasteiger partial charge in [-0.2, -0.15) is 5.26 Å². The van der Waals surface area contributed by atoms with Crippen molar-refractivity contribution in [3.05, 3.63) is 76.8 Å². The van der Waals surface area contributed by atoms with Crippen molar-refractivity contribution < 1.29 is 8.78 Å². The van der Waals surface area contributed by atoms with Gasteiger partial charge in [-0.15, -0.1) is 11.3 Å². The molecule has 0 atom stereocenters. The van der Waals surface area contributed by atoms with Crippen LogP contribution in [-0.4, -0.2) is 4.98 Å². The number of thiazole rings is 1. The molecule has 0 aliphatic rings. The molecule has 1 aromatic heterocycles. The fourth-order valence-electron chi connectivity index (χ4n) is 1.99. The molecule has 0 saturated carbocycles. The Morgan fingerprint density at radius 3 is 2.29 bits per heavy atom. The summed E-state index contributed by atoms with van der Waals surface area (Å²) < 4.78 is 25.9. The fourth-order valence-corrected chi connectivity index (χ4v) is 2.79. The Morgan fingerprint density at radius 1 is 1.04 bits per heavy atom. The predicted molar refractivity (Wildman–Crippen MR) is 91.1 cm³/mol. The van der Waals surface area contributed by atoms with E-state index < -0.39 is 0 Å². The highest BCUT2D eigenvalue weighted by Gasteiger charge is 2.09. The molecular formula is C18H11F2N3S. The van der Waals surface area contributed by atoms with Crippen LogP contribution in [0.25, 0.3) is 16.8 Å². The first-order valence-corrected chi connectivity index (χ1v) is 7.88. The zero-order valence-corrected chi connectivity index (χ0v) is 13.1. The summed E-state index contributed by atoms with van der Waals surface area (Å²) in [6.45, 7) is 0. The Bertz CT molecular complexity index is 907. The van der Waals surface area contributed by atoms with E-state index in [1.165, 1.54) is 41.8 Å². The highest BCUT2D eigenvalue weighted by Crippen LogP contribution is 2.26. The van der Waals surface area contributed by atoms with Crippen molar-refractivity contribution in [2.24, 2.45) is 0 Å². The summed E-state index contributed by atoms with van der Waals surface area (Å²) in [6, 6.07) is 13.9. The van der Waals surface area contributed by atoms with Crippen molar-refractivity contribution >= 4 is 22.6 Å². The Labute approximate surface area is 141 Å². The molecule has 118 valence electrons. The maximum atomic E-state index is 13.0. The fraction of sp³-hybridized carbons (Fsp3) is 0. The Balaban J connectivity index is 1.81. The van der Waals surface area contributed by atoms with Crippen molar-refractivity contribution in [3.8, 4) is 17.3 Å². The lowest BCUT2D eigenvalue weighted by Gasteiger charge is -2.01. The number of anilines is 1. The average Bonchev–Trinajstić information content (AvgIpc) is 3.08. The van der Waals surface area contributed by atoms with Crippen LogP contribution >= 0.6 is 11.3 Å². The van der Waals surface area contributed by atoms with Crippen molar-refractivity contribution in [2.75, 3.05) is 5.32 Å². The SMILES string of the molecule is N#C/C(=C\Nc1ccc(F)cc1)c1nc(-c2ccc(F)cc2)cs1. The minimum atomic E-state index is -0.325. The zero-order chi connectivity index (χ0) is 16.9. The summed E-state index contributed by atoms with van der Waals surface area (Å²) in [5.41, 5.74) is 2.48. The van der Waals surface area contributed by atoms with Crippen LogP contribution in [0, 0.1) is 23.0 Å². The third-order valence-corrected chi connectivity index (χ3v) is 4.10. The van der Waals surface area contributed by atoms with Crippen LogP contribution in [0.1, 0.15) is 5.01 Å². The van der Waals surface area contributed by atoms with Crippen molar-refractivity contribution in [3.63, 3.8) is 0 Å². The number of nitriles is 1. The van der Waals surface area contributed by atoms with E-state index in [0.717, 1.165) is 5.56 Å². The highest BCUT2D eigenvalue weighted by atomic mass is 32.1. The number of aromatic nitrogens is 1. The van der Waals surface area contributed by atoms with Gasteiger partial charge in [-0.05, 0) is 48.5 Å². The van der Waals surface area contributed by atoms with Gasteiger partial charge < -0.3 is 5.32 Å². The lowest BCUT2D eigenvalue weighted by molar-refractivity contribution is 0.627. The molecular weight excluding hydrogens is 328 g/mol. The minimum Gasteiger partial charge on any atom is -0.360 e. The molecule has 0 amide bonds. The molecule has 0 aliphatic heterocycles. The van der Waals surface area contributed by atoms with E-state index >= 15 is 0 Å². The summed E-state index contributed by atoms with van der Waals surface area (Å²) in [5, 5.41) is 14.6. The van der Waals surface area contributed by atoms with E-state index in [9.17, 15) is 14.0 Å². The quantitative estimate of drug-likeness (QED) is 0.676. The highest BCUT2D eigenvalue weighted by molar-refractivity contribution is 7.11. The Morgan fingerprint density at radius 2 is 1.67 bits per heavy atom. The first-order chi connectivity index (χ1) is 11.7. The molecule has 0 saturated heterocycles. The standard InChI is InChI=1S/C18H11F2N3S/c19-14-3-1-12(2-4-14)17-11-24-18(23-17)13(9-21)10-22-16-7-5-15(20)6-8-16/h1-8,10-11,22H/b13-10+. The van der Waals surface area contributed by atoms with Crippen molar-refractivity contribution in [1.82, 2.24) is 4.98 Å². The first kappa shape index (κ1) is 15.8. The van der Waals surface area contributed by atoms with Gasteiger partial charge in [0.25, 0.3) is 0 Å². The summed E-state index contributed by atoms with van der Waals surface area (Å²) in [6.07, 6.45) is 1.53. The number of nitrogens with one attached hydrogen (secondary N) is 1. The number of halogens is 2. The molecule has 6 heteroatoms. The zero-order valence-electron chi connectivity index (χ0n) is 12.3.